The maximum absolute atomic E-state index is 13.2. The first-order valence-corrected chi connectivity index (χ1v) is 11.7. The van der Waals surface area contributed by atoms with Crippen LogP contribution < -0.4 is 16.0 Å². The molecule has 2 aromatic heterocycles. The molecular weight excluding hydrogens is 456 g/mol. The summed E-state index contributed by atoms with van der Waals surface area (Å²) in [5.74, 6) is -2.39. The van der Waals surface area contributed by atoms with Gasteiger partial charge in [0.15, 0.2) is 0 Å². The molecule has 0 bridgehead atoms. The quantitative estimate of drug-likeness (QED) is 0.240. The predicted octanol–water partition coefficient (Wildman–Crippen LogP) is -1.28. The number of likely N-dealkylation sites (tertiary alicyclic amines) is 1. The van der Waals surface area contributed by atoms with Gasteiger partial charge in [0, 0.05) is 43.2 Å². The van der Waals surface area contributed by atoms with Crippen LogP contribution in [0.4, 0.5) is 0 Å². The Hall–Kier alpha value is -3.74. The van der Waals surface area contributed by atoms with E-state index < -0.39 is 35.9 Å². The number of imidazole rings is 2. The molecule has 0 spiro atoms. The van der Waals surface area contributed by atoms with E-state index >= 15 is 0 Å². The Balaban J connectivity index is 1.45. The minimum Gasteiger partial charge on any atom is -0.480 e. The molecule has 0 radical (unpaired) electrons. The molecule has 2 saturated heterocycles. The fourth-order valence-corrected chi connectivity index (χ4v) is 4.58. The number of nitrogens with zero attached hydrogens (tertiary/aromatic N) is 3. The van der Waals surface area contributed by atoms with Crippen LogP contribution in [0.2, 0.25) is 0 Å². The van der Waals surface area contributed by atoms with Crippen LogP contribution in [-0.2, 0) is 32.0 Å². The zero-order chi connectivity index (χ0) is 24.8. The molecule has 2 aliphatic heterocycles. The third-order valence-electron chi connectivity index (χ3n) is 6.40. The van der Waals surface area contributed by atoms with Gasteiger partial charge in [0.25, 0.3) is 0 Å². The van der Waals surface area contributed by atoms with Crippen molar-refractivity contribution < 1.29 is 24.3 Å². The molecule has 35 heavy (non-hydrogen) atoms. The fraction of sp³-hybridized carbons (Fsp3) is 0.545. The lowest BCUT2D eigenvalue weighted by Gasteiger charge is -2.28. The maximum atomic E-state index is 13.2. The van der Waals surface area contributed by atoms with Gasteiger partial charge in [-0.1, -0.05) is 0 Å². The number of carboxylic acids is 1. The largest absolute Gasteiger partial charge is 0.480 e. The smallest absolute Gasteiger partial charge is 0.326 e. The Morgan fingerprint density at radius 1 is 1.00 bits per heavy atom. The number of rotatable bonds is 10. The molecule has 6 N–H and O–H groups in total. The van der Waals surface area contributed by atoms with Gasteiger partial charge in [-0.3, -0.25) is 14.4 Å². The second-order valence-corrected chi connectivity index (χ2v) is 8.86. The van der Waals surface area contributed by atoms with Gasteiger partial charge in [-0.25, -0.2) is 14.8 Å². The Labute approximate surface area is 201 Å². The van der Waals surface area contributed by atoms with Crippen molar-refractivity contribution in [2.75, 3.05) is 13.1 Å². The molecule has 4 heterocycles. The van der Waals surface area contributed by atoms with E-state index in [9.17, 15) is 24.3 Å². The summed E-state index contributed by atoms with van der Waals surface area (Å²) >= 11 is 0. The first-order chi connectivity index (χ1) is 16.9. The zero-order valence-electron chi connectivity index (χ0n) is 19.2. The summed E-state index contributed by atoms with van der Waals surface area (Å²) < 4.78 is 0. The lowest BCUT2D eigenvalue weighted by Crippen LogP contribution is -2.57. The van der Waals surface area contributed by atoms with Crippen LogP contribution in [0.25, 0.3) is 0 Å². The molecule has 4 atom stereocenters. The second-order valence-electron chi connectivity index (χ2n) is 8.86. The van der Waals surface area contributed by atoms with Crippen molar-refractivity contribution in [1.29, 1.82) is 0 Å². The van der Waals surface area contributed by atoms with Crippen LogP contribution in [0, 0.1) is 0 Å². The summed E-state index contributed by atoms with van der Waals surface area (Å²) in [4.78, 5) is 66.2. The molecule has 4 unspecified atom stereocenters. The van der Waals surface area contributed by atoms with Crippen LogP contribution in [0.5, 0.6) is 0 Å². The lowest BCUT2D eigenvalue weighted by atomic mass is 10.1. The molecule has 0 aliphatic carbocycles. The van der Waals surface area contributed by atoms with E-state index in [0.717, 1.165) is 19.4 Å². The summed E-state index contributed by atoms with van der Waals surface area (Å²) in [6, 6.07) is -3.25. The average molecular weight is 487 g/mol. The Kier molecular flexibility index (Phi) is 7.75. The van der Waals surface area contributed by atoms with Gasteiger partial charge in [-0.15, -0.1) is 0 Å². The molecule has 2 aromatic rings. The average Bonchev–Trinajstić information content (AvgIpc) is 3.64. The highest BCUT2D eigenvalue weighted by Crippen LogP contribution is 2.21. The van der Waals surface area contributed by atoms with E-state index in [4.69, 9.17) is 0 Å². The number of aromatic nitrogens is 4. The highest BCUT2D eigenvalue weighted by Gasteiger charge is 2.39. The molecule has 0 saturated carbocycles. The molecule has 188 valence electrons. The van der Waals surface area contributed by atoms with Crippen LogP contribution in [0.3, 0.4) is 0 Å². The first kappa shape index (κ1) is 24.4. The Morgan fingerprint density at radius 2 is 1.69 bits per heavy atom. The number of nitrogens with one attached hydrogen (secondary N) is 5. The van der Waals surface area contributed by atoms with E-state index in [2.05, 4.69) is 35.9 Å². The predicted molar refractivity (Wildman–Crippen MR) is 122 cm³/mol. The van der Waals surface area contributed by atoms with Gasteiger partial charge >= 0.3 is 5.97 Å². The van der Waals surface area contributed by atoms with Gasteiger partial charge in [0.1, 0.15) is 18.1 Å². The van der Waals surface area contributed by atoms with Crippen LogP contribution in [-0.4, -0.2) is 90.9 Å². The van der Waals surface area contributed by atoms with Crippen molar-refractivity contribution in [1.82, 2.24) is 40.8 Å². The molecule has 13 heteroatoms. The van der Waals surface area contributed by atoms with Gasteiger partial charge in [0.05, 0.1) is 18.7 Å². The number of carbonyl (C=O) groups excluding carboxylic acids is 3. The normalized spacial score (nSPS) is 21.4. The van der Waals surface area contributed by atoms with Gasteiger partial charge in [-0.05, 0) is 32.2 Å². The fourth-order valence-electron chi connectivity index (χ4n) is 4.58. The highest BCUT2D eigenvalue weighted by atomic mass is 16.4. The third-order valence-corrected chi connectivity index (χ3v) is 6.40. The van der Waals surface area contributed by atoms with E-state index in [1.54, 1.807) is 4.90 Å². The van der Waals surface area contributed by atoms with Gasteiger partial charge in [0.2, 0.25) is 17.7 Å². The summed E-state index contributed by atoms with van der Waals surface area (Å²) in [5, 5.41) is 18.0. The molecule has 4 rings (SSSR count). The second kappa shape index (κ2) is 11.1. The van der Waals surface area contributed by atoms with Crippen molar-refractivity contribution in [3.05, 3.63) is 36.4 Å². The van der Waals surface area contributed by atoms with Crippen LogP contribution >= 0.6 is 0 Å². The molecule has 3 amide bonds. The summed E-state index contributed by atoms with van der Waals surface area (Å²) in [6.07, 6.45) is 8.82. The summed E-state index contributed by atoms with van der Waals surface area (Å²) in [6.45, 7) is 1.26. The third kappa shape index (κ3) is 6.04. The van der Waals surface area contributed by atoms with Gasteiger partial charge in [-0.2, -0.15) is 0 Å². The number of hydrogen-bond acceptors (Lipinski definition) is 7. The zero-order valence-corrected chi connectivity index (χ0v) is 19.2. The summed E-state index contributed by atoms with van der Waals surface area (Å²) in [7, 11) is 0. The maximum Gasteiger partial charge on any atom is 0.326 e. The molecule has 2 fully saturated rings. The van der Waals surface area contributed by atoms with Crippen molar-refractivity contribution in [2.45, 2.75) is 62.7 Å². The number of carbonyl (C=O) groups is 4. The Morgan fingerprint density at radius 3 is 2.26 bits per heavy atom. The molecular formula is C22H30N8O5. The lowest BCUT2D eigenvalue weighted by molar-refractivity contribution is -0.143. The molecule has 2 aliphatic rings. The first-order valence-electron chi connectivity index (χ1n) is 11.7. The van der Waals surface area contributed by atoms with Crippen molar-refractivity contribution in [3.63, 3.8) is 0 Å². The monoisotopic (exact) mass is 486 g/mol. The number of hydrogen-bond donors (Lipinski definition) is 6. The van der Waals surface area contributed by atoms with E-state index in [1.165, 1.54) is 25.0 Å². The number of carboxylic acid groups (broad SMARTS) is 1. The minimum atomic E-state index is -1.22. The van der Waals surface area contributed by atoms with Crippen LogP contribution in [0.15, 0.2) is 25.0 Å². The highest BCUT2D eigenvalue weighted by molar-refractivity contribution is 5.94. The SMILES string of the molecule is O=C(O)C(Cc1cnc[nH]1)NC(=O)C(Cc1cnc[nH]1)NC(=O)C1CCCN1C(=O)C1CCCN1. The van der Waals surface area contributed by atoms with Crippen molar-refractivity contribution >= 4 is 23.7 Å². The number of aromatic amines is 2. The minimum absolute atomic E-state index is 0.00505. The number of H-pyrrole nitrogens is 2. The van der Waals surface area contributed by atoms with Gasteiger partial charge < -0.3 is 35.9 Å². The van der Waals surface area contributed by atoms with Crippen molar-refractivity contribution in [3.8, 4) is 0 Å². The van der Waals surface area contributed by atoms with Crippen LogP contribution in [0.1, 0.15) is 37.1 Å². The van der Waals surface area contributed by atoms with E-state index in [0.29, 0.717) is 30.8 Å². The van der Waals surface area contributed by atoms with E-state index in [1.807, 2.05) is 0 Å². The number of aliphatic carboxylic acids is 1. The molecule has 0 aromatic carbocycles. The summed E-state index contributed by atoms with van der Waals surface area (Å²) in [5.41, 5.74) is 1.15. The topological polar surface area (TPSA) is 185 Å². The standard InChI is InChI=1S/C22H30N8O5/c31-19(29-17(22(34)35)8-14-10-24-12-27-14)16(7-13-9-23-11-26-13)28-20(32)18-4-2-6-30(18)21(33)15-3-1-5-25-15/h9-12,15-18,25H,1-8H2,(H,23,26)(H,24,27)(H,28,32)(H,29,31)(H,34,35). The number of amides is 3. The van der Waals surface area contributed by atoms with Crippen molar-refractivity contribution in [2.24, 2.45) is 0 Å². The Bertz CT molecular complexity index is 1020. The van der Waals surface area contributed by atoms with E-state index in [-0.39, 0.29) is 24.8 Å². The molecule has 13 nitrogen and oxygen atoms in total.